The third-order valence-electron chi connectivity index (χ3n) is 8.22. The summed E-state index contributed by atoms with van der Waals surface area (Å²) >= 11 is 0. The normalized spacial score (nSPS) is 28.0. The van der Waals surface area contributed by atoms with E-state index in [4.69, 9.17) is 0 Å². The molecule has 33 heavy (non-hydrogen) atoms. The summed E-state index contributed by atoms with van der Waals surface area (Å²) in [6.07, 6.45) is 9.68. The van der Waals surface area contributed by atoms with E-state index in [9.17, 15) is 9.59 Å². The zero-order valence-corrected chi connectivity index (χ0v) is 19.0. The molecular weight excluding hydrogens is 410 g/mol. The molecule has 1 heterocycles. The maximum atomic E-state index is 13.1. The van der Waals surface area contributed by atoms with Crippen molar-refractivity contribution < 1.29 is 4.79 Å². The summed E-state index contributed by atoms with van der Waals surface area (Å²) in [5.74, 6) is 2.36. The Labute approximate surface area is 193 Å². The summed E-state index contributed by atoms with van der Waals surface area (Å²) in [7, 11) is 0. The second kappa shape index (κ2) is 7.68. The van der Waals surface area contributed by atoms with Gasteiger partial charge in [0.05, 0.1) is 11.3 Å². The number of carbonyl (C=O) groups excluding carboxylic acids is 1. The molecular formula is C28H29N3O2. The minimum atomic E-state index is -0.359. The molecule has 7 rings (SSSR count). The van der Waals surface area contributed by atoms with Crippen LogP contribution in [-0.2, 0) is 5.41 Å². The van der Waals surface area contributed by atoms with Crippen LogP contribution in [0.25, 0.3) is 5.69 Å². The highest BCUT2D eigenvalue weighted by molar-refractivity contribution is 6.01. The molecule has 0 spiro atoms. The Morgan fingerprint density at radius 1 is 0.970 bits per heavy atom. The average Bonchev–Trinajstić information content (AvgIpc) is 3.10. The molecule has 4 bridgehead atoms. The third-order valence-corrected chi connectivity index (χ3v) is 8.22. The van der Waals surface area contributed by atoms with Gasteiger partial charge in [-0.25, -0.2) is 9.67 Å². The van der Waals surface area contributed by atoms with Crippen molar-refractivity contribution in [3.63, 3.8) is 0 Å². The van der Waals surface area contributed by atoms with Crippen molar-refractivity contribution in [3.8, 4) is 5.69 Å². The molecule has 4 fully saturated rings. The van der Waals surface area contributed by atoms with E-state index >= 15 is 0 Å². The van der Waals surface area contributed by atoms with Gasteiger partial charge in [-0.2, -0.15) is 0 Å². The van der Waals surface area contributed by atoms with Crippen molar-refractivity contribution in [2.75, 3.05) is 0 Å². The molecule has 0 atom stereocenters. The number of aromatic nitrogens is 2. The van der Waals surface area contributed by atoms with E-state index < -0.39 is 0 Å². The molecule has 5 nitrogen and oxygen atoms in total. The van der Waals surface area contributed by atoms with Gasteiger partial charge in [0.2, 0.25) is 0 Å². The number of nitrogens with zero attached hydrogens (tertiary/aromatic N) is 2. The van der Waals surface area contributed by atoms with Crippen LogP contribution < -0.4 is 5.56 Å². The molecule has 1 N–H and O–H groups in total. The first-order chi connectivity index (χ1) is 16.0. The fourth-order valence-electron chi connectivity index (χ4n) is 7.10. The highest BCUT2D eigenvalue weighted by Crippen LogP contribution is 2.60. The largest absolute Gasteiger partial charge is 0.295 e. The van der Waals surface area contributed by atoms with Gasteiger partial charge in [0, 0.05) is 17.5 Å². The van der Waals surface area contributed by atoms with Crippen molar-refractivity contribution >= 4 is 12.1 Å². The van der Waals surface area contributed by atoms with E-state index in [2.05, 4.69) is 34.4 Å². The highest BCUT2D eigenvalue weighted by atomic mass is 16.1. The van der Waals surface area contributed by atoms with Crippen LogP contribution in [0.5, 0.6) is 0 Å². The molecule has 0 radical (unpaired) electrons. The van der Waals surface area contributed by atoms with Crippen LogP contribution in [-0.4, -0.2) is 21.9 Å². The predicted molar refractivity (Wildman–Crippen MR) is 129 cm³/mol. The number of aliphatic imine (C=N–C) groups is 1. The molecule has 4 saturated carbocycles. The van der Waals surface area contributed by atoms with E-state index in [1.165, 1.54) is 50.3 Å². The lowest BCUT2D eigenvalue weighted by Gasteiger charge is -2.57. The zero-order chi connectivity index (χ0) is 22.6. The van der Waals surface area contributed by atoms with Gasteiger partial charge in [-0.1, -0.05) is 30.3 Å². The second-order valence-electron chi connectivity index (χ2n) is 10.5. The van der Waals surface area contributed by atoms with Crippen molar-refractivity contribution in [1.82, 2.24) is 9.78 Å². The molecule has 0 aliphatic heterocycles. The number of benzene rings is 2. The molecule has 0 saturated heterocycles. The molecule has 4 aliphatic rings. The van der Waals surface area contributed by atoms with Gasteiger partial charge in [-0.3, -0.25) is 14.7 Å². The average molecular weight is 440 g/mol. The summed E-state index contributed by atoms with van der Waals surface area (Å²) in [5.41, 5.74) is 4.00. The minimum Gasteiger partial charge on any atom is -0.295 e. The number of nitrogens with one attached hydrogen (secondary N) is 1. The Morgan fingerprint density at radius 2 is 1.58 bits per heavy atom. The van der Waals surface area contributed by atoms with Crippen molar-refractivity contribution in [2.45, 2.75) is 50.9 Å². The van der Waals surface area contributed by atoms with E-state index in [0.717, 1.165) is 23.4 Å². The number of hydrogen-bond acceptors (Lipinski definition) is 2. The molecule has 4 aliphatic carbocycles. The lowest BCUT2D eigenvalue weighted by atomic mass is 9.48. The summed E-state index contributed by atoms with van der Waals surface area (Å²) in [4.78, 5) is 29.4. The Hall–Kier alpha value is -3.21. The van der Waals surface area contributed by atoms with E-state index in [1.807, 2.05) is 13.0 Å². The first-order valence-corrected chi connectivity index (χ1v) is 12.1. The van der Waals surface area contributed by atoms with Gasteiger partial charge in [-0.15, -0.1) is 0 Å². The fraction of sp³-hybridized carbons (Fsp3) is 0.393. The second-order valence-corrected chi connectivity index (χ2v) is 10.5. The van der Waals surface area contributed by atoms with Crippen LogP contribution in [0.1, 0.15) is 65.7 Å². The van der Waals surface area contributed by atoms with Gasteiger partial charge < -0.3 is 0 Å². The standard InChI is InChI=1S/C28H29N3O2/c1-18-25(17-29-26(32)22-5-3-2-4-6-22)27(33)31(30-18)24-9-7-23(8-10-24)28-14-19-11-20(15-28)13-21(12-19)16-28/h2-10,17,19-21,30H,11-16H2,1H3. The smallest absolute Gasteiger partial charge is 0.280 e. The summed E-state index contributed by atoms with van der Waals surface area (Å²) in [6.45, 7) is 1.83. The first-order valence-electron chi connectivity index (χ1n) is 12.1. The van der Waals surface area contributed by atoms with Crippen LogP contribution in [0.15, 0.2) is 64.4 Å². The minimum absolute atomic E-state index is 0.195. The van der Waals surface area contributed by atoms with Crippen LogP contribution in [0.4, 0.5) is 0 Å². The van der Waals surface area contributed by atoms with E-state index in [0.29, 0.717) is 22.2 Å². The molecule has 2 aromatic carbocycles. The Balaban J connectivity index is 1.26. The molecule has 0 unspecified atom stereocenters. The lowest BCUT2D eigenvalue weighted by molar-refractivity contribution is -0.00518. The van der Waals surface area contributed by atoms with Gasteiger partial charge in [0.15, 0.2) is 0 Å². The van der Waals surface area contributed by atoms with Crippen LogP contribution >= 0.6 is 0 Å². The Kier molecular flexibility index (Phi) is 4.75. The van der Waals surface area contributed by atoms with Gasteiger partial charge in [0.1, 0.15) is 0 Å². The molecule has 5 heteroatoms. The molecule has 168 valence electrons. The van der Waals surface area contributed by atoms with Crippen molar-refractivity contribution in [3.05, 3.63) is 87.3 Å². The first kappa shape index (κ1) is 20.4. The monoisotopic (exact) mass is 439 g/mol. The summed E-state index contributed by atoms with van der Waals surface area (Å²) in [6, 6.07) is 17.5. The number of aromatic amines is 1. The van der Waals surface area contributed by atoms with Crippen LogP contribution in [0.3, 0.4) is 0 Å². The van der Waals surface area contributed by atoms with E-state index in [1.54, 1.807) is 28.9 Å². The number of aryl methyl sites for hydroxylation is 1. The topological polar surface area (TPSA) is 67.2 Å². The molecule has 1 amide bonds. The zero-order valence-electron chi connectivity index (χ0n) is 19.0. The van der Waals surface area contributed by atoms with Gasteiger partial charge >= 0.3 is 0 Å². The van der Waals surface area contributed by atoms with Crippen LogP contribution in [0, 0.1) is 24.7 Å². The summed E-state index contributed by atoms with van der Waals surface area (Å²) < 4.78 is 1.55. The third kappa shape index (κ3) is 3.50. The van der Waals surface area contributed by atoms with E-state index in [-0.39, 0.29) is 11.5 Å². The maximum Gasteiger partial charge on any atom is 0.280 e. The SMILES string of the molecule is Cc1[nH]n(-c2ccc(C34CC5CC(CC(C5)C3)C4)cc2)c(=O)c1C=NC(=O)c1ccccc1. The number of carbonyl (C=O) groups is 1. The highest BCUT2D eigenvalue weighted by Gasteiger charge is 2.51. The van der Waals surface area contributed by atoms with Gasteiger partial charge in [-0.05, 0) is 98.4 Å². The lowest BCUT2D eigenvalue weighted by Crippen LogP contribution is -2.48. The Bertz CT molecular complexity index is 1250. The predicted octanol–water partition coefficient (Wildman–Crippen LogP) is 5.20. The maximum absolute atomic E-state index is 13.1. The number of hydrogen-bond donors (Lipinski definition) is 1. The number of rotatable bonds is 4. The quantitative estimate of drug-likeness (QED) is 0.568. The van der Waals surface area contributed by atoms with Crippen molar-refractivity contribution in [1.29, 1.82) is 0 Å². The molecule has 1 aromatic heterocycles. The summed E-state index contributed by atoms with van der Waals surface area (Å²) in [5, 5.41) is 3.15. The number of H-pyrrole nitrogens is 1. The van der Waals surface area contributed by atoms with Crippen molar-refractivity contribution in [2.24, 2.45) is 22.7 Å². The molecule has 3 aromatic rings. The Morgan fingerprint density at radius 3 is 2.18 bits per heavy atom. The number of amides is 1. The van der Waals surface area contributed by atoms with Crippen LogP contribution in [0.2, 0.25) is 0 Å². The van der Waals surface area contributed by atoms with Gasteiger partial charge in [0.25, 0.3) is 11.5 Å². The fourth-order valence-corrected chi connectivity index (χ4v) is 7.10.